The number of hydrogen-bond acceptors (Lipinski definition) is 5. The third kappa shape index (κ3) is 11.1. The van der Waals surface area contributed by atoms with E-state index in [1.54, 1.807) is 20.8 Å². The van der Waals surface area contributed by atoms with E-state index in [2.05, 4.69) is 10.6 Å². The third-order valence-corrected chi connectivity index (χ3v) is 5.10. The summed E-state index contributed by atoms with van der Waals surface area (Å²) in [6.45, 7) is 9.33. The molecule has 0 spiro atoms. The van der Waals surface area contributed by atoms with Crippen LogP contribution in [0, 0.1) is 5.92 Å². The number of ether oxygens (including phenoxy) is 2. The number of amides is 2. The molecule has 2 rings (SSSR count). The van der Waals surface area contributed by atoms with Gasteiger partial charge in [-0.25, -0.2) is 9.59 Å². The molecule has 7 heteroatoms. The van der Waals surface area contributed by atoms with E-state index in [0.717, 1.165) is 11.1 Å². The summed E-state index contributed by atoms with van der Waals surface area (Å²) in [6.07, 6.45) is 0.652. The standard InChI is InChI=1S/C28H38N2O5/c1-20(2)18-24(26(32)34-19-22-14-10-7-11-15-22)29-25(31)23(30-27(33)35-28(3,4)5)17-16-21-12-8-6-9-13-21/h6-15,20,23-24H,16-19H2,1-5H3,(H,29,31)(H,30,33)/t23-,24-/m0/s1. The third-order valence-electron chi connectivity index (χ3n) is 5.10. The number of alkyl carbamates (subject to hydrolysis) is 1. The molecule has 0 aliphatic heterocycles. The molecule has 2 N–H and O–H groups in total. The minimum Gasteiger partial charge on any atom is -0.459 e. The Morgan fingerprint density at radius 1 is 0.829 bits per heavy atom. The highest BCUT2D eigenvalue weighted by molar-refractivity contribution is 5.89. The number of aryl methyl sites for hydroxylation is 1. The molecule has 0 aliphatic rings. The number of carbonyl (C=O) groups excluding carboxylic acids is 3. The molecule has 2 aromatic rings. The molecule has 0 aliphatic carbocycles. The van der Waals surface area contributed by atoms with Crippen LogP contribution in [-0.2, 0) is 32.1 Å². The zero-order chi connectivity index (χ0) is 25.8. The summed E-state index contributed by atoms with van der Waals surface area (Å²) in [7, 11) is 0. The number of benzene rings is 2. The van der Waals surface area contributed by atoms with Crippen LogP contribution in [0.25, 0.3) is 0 Å². The van der Waals surface area contributed by atoms with Crippen molar-refractivity contribution in [2.75, 3.05) is 0 Å². The second-order valence-electron chi connectivity index (χ2n) is 10.0. The minimum atomic E-state index is -0.873. The summed E-state index contributed by atoms with van der Waals surface area (Å²) in [5.74, 6) is -0.810. The Balaban J connectivity index is 2.09. The van der Waals surface area contributed by atoms with E-state index < -0.39 is 35.7 Å². The smallest absolute Gasteiger partial charge is 0.408 e. The maximum absolute atomic E-state index is 13.2. The van der Waals surface area contributed by atoms with Crippen LogP contribution in [-0.4, -0.2) is 35.7 Å². The average molecular weight is 483 g/mol. The first-order chi connectivity index (χ1) is 16.5. The largest absolute Gasteiger partial charge is 0.459 e. The lowest BCUT2D eigenvalue weighted by Crippen LogP contribution is -2.53. The summed E-state index contributed by atoms with van der Waals surface area (Å²) < 4.78 is 10.8. The zero-order valence-electron chi connectivity index (χ0n) is 21.4. The molecule has 190 valence electrons. The number of esters is 1. The molecular formula is C28H38N2O5. The van der Waals surface area contributed by atoms with E-state index in [-0.39, 0.29) is 12.5 Å². The Kier molecular flexibility index (Phi) is 10.8. The summed E-state index contributed by atoms with van der Waals surface area (Å²) in [5.41, 5.74) is 1.20. The quantitative estimate of drug-likeness (QED) is 0.449. The van der Waals surface area contributed by atoms with E-state index in [1.165, 1.54) is 0 Å². The zero-order valence-corrected chi connectivity index (χ0v) is 21.4. The number of rotatable bonds is 11. The first-order valence-electron chi connectivity index (χ1n) is 12.1. The van der Waals surface area contributed by atoms with Gasteiger partial charge in [0.1, 0.15) is 24.3 Å². The monoisotopic (exact) mass is 482 g/mol. The second-order valence-corrected chi connectivity index (χ2v) is 10.0. The van der Waals surface area contributed by atoms with Crippen molar-refractivity contribution < 1.29 is 23.9 Å². The summed E-state index contributed by atoms with van der Waals surface area (Å²) >= 11 is 0. The maximum Gasteiger partial charge on any atom is 0.408 e. The van der Waals surface area contributed by atoms with Crippen LogP contribution in [0.4, 0.5) is 4.79 Å². The maximum atomic E-state index is 13.2. The molecule has 7 nitrogen and oxygen atoms in total. The van der Waals surface area contributed by atoms with Gasteiger partial charge in [0.2, 0.25) is 5.91 Å². The summed E-state index contributed by atoms with van der Waals surface area (Å²) in [6, 6.07) is 17.4. The van der Waals surface area contributed by atoms with Gasteiger partial charge in [-0.1, -0.05) is 74.5 Å². The molecule has 0 radical (unpaired) electrons. The van der Waals surface area contributed by atoms with Gasteiger partial charge in [-0.3, -0.25) is 4.79 Å². The molecule has 2 amide bonds. The highest BCUT2D eigenvalue weighted by atomic mass is 16.6. The lowest BCUT2D eigenvalue weighted by Gasteiger charge is -2.25. The van der Waals surface area contributed by atoms with Gasteiger partial charge in [-0.05, 0) is 57.1 Å². The SMILES string of the molecule is CC(C)C[C@H](NC(=O)[C@H](CCc1ccccc1)NC(=O)OC(C)(C)C)C(=O)OCc1ccccc1. The van der Waals surface area contributed by atoms with E-state index in [0.29, 0.717) is 19.3 Å². The van der Waals surface area contributed by atoms with Crippen molar-refractivity contribution >= 4 is 18.0 Å². The predicted octanol–water partition coefficient (Wildman–Crippen LogP) is 4.79. The molecule has 0 bridgehead atoms. The summed E-state index contributed by atoms with van der Waals surface area (Å²) in [4.78, 5) is 38.5. The van der Waals surface area contributed by atoms with Crippen LogP contribution in [0.3, 0.4) is 0 Å². The molecule has 0 aromatic heterocycles. The fourth-order valence-corrected chi connectivity index (χ4v) is 3.46. The van der Waals surface area contributed by atoms with Crippen LogP contribution in [0.2, 0.25) is 0 Å². The van der Waals surface area contributed by atoms with E-state index >= 15 is 0 Å². The lowest BCUT2D eigenvalue weighted by molar-refractivity contribution is -0.149. The van der Waals surface area contributed by atoms with Crippen LogP contribution < -0.4 is 10.6 Å². The van der Waals surface area contributed by atoms with Crippen molar-refractivity contribution in [1.82, 2.24) is 10.6 Å². The first kappa shape index (κ1) is 27.9. The Labute approximate surface area is 208 Å². The van der Waals surface area contributed by atoms with E-state index in [4.69, 9.17) is 9.47 Å². The van der Waals surface area contributed by atoms with Crippen molar-refractivity contribution in [2.24, 2.45) is 5.92 Å². The van der Waals surface area contributed by atoms with Crippen LogP contribution in [0.15, 0.2) is 60.7 Å². The molecule has 0 fully saturated rings. The minimum absolute atomic E-state index is 0.123. The Hall–Kier alpha value is -3.35. The van der Waals surface area contributed by atoms with Gasteiger partial charge in [-0.2, -0.15) is 0 Å². The fourth-order valence-electron chi connectivity index (χ4n) is 3.46. The molecule has 0 saturated carbocycles. The molecule has 0 saturated heterocycles. The van der Waals surface area contributed by atoms with Crippen molar-refractivity contribution in [2.45, 2.75) is 78.2 Å². The van der Waals surface area contributed by atoms with Gasteiger partial charge in [0.15, 0.2) is 0 Å². The second kappa shape index (κ2) is 13.5. The Morgan fingerprint density at radius 2 is 1.40 bits per heavy atom. The number of carbonyl (C=O) groups is 3. The highest BCUT2D eigenvalue weighted by Gasteiger charge is 2.29. The van der Waals surface area contributed by atoms with Gasteiger partial charge in [-0.15, -0.1) is 0 Å². The fraction of sp³-hybridized carbons (Fsp3) is 0.464. The molecule has 2 atom stereocenters. The summed E-state index contributed by atoms with van der Waals surface area (Å²) in [5, 5.41) is 5.48. The van der Waals surface area contributed by atoms with E-state index in [9.17, 15) is 14.4 Å². The normalized spacial score (nSPS) is 13.0. The van der Waals surface area contributed by atoms with Crippen molar-refractivity contribution in [3.05, 3.63) is 71.8 Å². The highest BCUT2D eigenvalue weighted by Crippen LogP contribution is 2.12. The van der Waals surface area contributed by atoms with Crippen molar-refractivity contribution in [1.29, 1.82) is 0 Å². The molecule has 0 unspecified atom stereocenters. The Bertz CT molecular complexity index is 939. The number of nitrogens with one attached hydrogen (secondary N) is 2. The average Bonchev–Trinajstić information content (AvgIpc) is 2.79. The molecule has 35 heavy (non-hydrogen) atoms. The molecule has 2 aromatic carbocycles. The topological polar surface area (TPSA) is 93.7 Å². The van der Waals surface area contributed by atoms with E-state index in [1.807, 2.05) is 74.5 Å². The first-order valence-corrected chi connectivity index (χ1v) is 12.1. The number of hydrogen-bond donors (Lipinski definition) is 2. The molecular weight excluding hydrogens is 444 g/mol. The molecule has 0 heterocycles. The van der Waals surface area contributed by atoms with Gasteiger partial charge in [0.05, 0.1) is 0 Å². The van der Waals surface area contributed by atoms with Gasteiger partial charge < -0.3 is 20.1 Å². The van der Waals surface area contributed by atoms with Gasteiger partial charge in [0.25, 0.3) is 0 Å². The van der Waals surface area contributed by atoms with Gasteiger partial charge in [0, 0.05) is 0 Å². The van der Waals surface area contributed by atoms with Crippen LogP contribution >= 0.6 is 0 Å². The van der Waals surface area contributed by atoms with Gasteiger partial charge >= 0.3 is 12.1 Å². The van der Waals surface area contributed by atoms with Crippen LogP contribution in [0.1, 0.15) is 58.6 Å². The van der Waals surface area contributed by atoms with Crippen LogP contribution in [0.5, 0.6) is 0 Å². The lowest BCUT2D eigenvalue weighted by atomic mass is 10.0. The van der Waals surface area contributed by atoms with Crippen molar-refractivity contribution in [3.8, 4) is 0 Å². The predicted molar refractivity (Wildman–Crippen MR) is 136 cm³/mol. The van der Waals surface area contributed by atoms with Crippen molar-refractivity contribution in [3.63, 3.8) is 0 Å². The Morgan fingerprint density at radius 3 is 1.94 bits per heavy atom.